The van der Waals surface area contributed by atoms with E-state index in [-0.39, 0.29) is 12.5 Å². The predicted octanol–water partition coefficient (Wildman–Crippen LogP) is 1.99. The Balaban J connectivity index is 2.17. The highest BCUT2D eigenvalue weighted by Gasteiger charge is 2.01. The number of ether oxygens (including phenoxy) is 2. The van der Waals surface area contributed by atoms with Gasteiger partial charge in [0, 0.05) is 25.8 Å². The summed E-state index contributed by atoms with van der Waals surface area (Å²) in [6, 6.07) is 7.86. The molecular formula is C13H19NO3. The van der Waals surface area contributed by atoms with E-state index < -0.39 is 0 Å². The summed E-state index contributed by atoms with van der Waals surface area (Å²) in [5, 5.41) is 3.01. The molecule has 0 amide bonds. The SMILES string of the molecule is COCCCOC(=O)CNc1ccc(C)cc1. The Kier molecular flexibility index (Phi) is 6.10. The Morgan fingerprint density at radius 2 is 1.94 bits per heavy atom. The highest BCUT2D eigenvalue weighted by Crippen LogP contribution is 2.07. The van der Waals surface area contributed by atoms with Gasteiger partial charge < -0.3 is 14.8 Å². The fraction of sp³-hybridized carbons (Fsp3) is 0.462. The fourth-order valence-corrected chi connectivity index (χ4v) is 1.29. The van der Waals surface area contributed by atoms with Gasteiger partial charge in [-0.05, 0) is 19.1 Å². The molecule has 0 heterocycles. The number of anilines is 1. The first-order valence-electron chi connectivity index (χ1n) is 5.67. The van der Waals surface area contributed by atoms with Crippen molar-refractivity contribution in [3.63, 3.8) is 0 Å². The number of carbonyl (C=O) groups is 1. The maximum atomic E-state index is 11.3. The first-order chi connectivity index (χ1) is 8.22. The van der Waals surface area contributed by atoms with Gasteiger partial charge in [-0.3, -0.25) is 4.79 Å². The van der Waals surface area contributed by atoms with Crippen molar-refractivity contribution in [2.75, 3.05) is 32.2 Å². The van der Waals surface area contributed by atoms with Crippen LogP contribution in [0.1, 0.15) is 12.0 Å². The number of nitrogens with one attached hydrogen (secondary N) is 1. The molecule has 4 heteroatoms. The van der Waals surface area contributed by atoms with E-state index in [2.05, 4.69) is 5.32 Å². The summed E-state index contributed by atoms with van der Waals surface area (Å²) < 4.78 is 9.87. The molecule has 94 valence electrons. The average Bonchev–Trinajstić information content (AvgIpc) is 2.34. The molecule has 0 unspecified atom stereocenters. The van der Waals surface area contributed by atoms with Crippen LogP contribution in [0, 0.1) is 6.92 Å². The van der Waals surface area contributed by atoms with Crippen LogP contribution in [0.5, 0.6) is 0 Å². The number of carbonyl (C=O) groups excluding carboxylic acids is 1. The lowest BCUT2D eigenvalue weighted by Gasteiger charge is -2.07. The van der Waals surface area contributed by atoms with Crippen LogP contribution in [-0.2, 0) is 14.3 Å². The highest BCUT2D eigenvalue weighted by molar-refractivity contribution is 5.74. The van der Waals surface area contributed by atoms with Crippen LogP contribution in [0.4, 0.5) is 5.69 Å². The average molecular weight is 237 g/mol. The minimum atomic E-state index is -0.248. The highest BCUT2D eigenvalue weighted by atomic mass is 16.5. The molecule has 0 radical (unpaired) electrons. The largest absolute Gasteiger partial charge is 0.464 e. The summed E-state index contributed by atoms with van der Waals surface area (Å²) in [6.07, 6.45) is 0.729. The fourth-order valence-electron chi connectivity index (χ4n) is 1.29. The zero-order valence-electron chi connectivity index (χ0n) is 10.4. The van der Waals surface area contributed by atoms with Gasteiger partial charge in [0.05, 0.1) is 6.61 Å². The summed E-state index contributed by atoms with van der Waals surface area (Å²) in [5.41, 5.74) is 2.11. The Labute approximate surface area is 102 Å². The standard InChI is InChI=1S/C13H19NO3/c1-11-4-6-12(7-5-11)14-10-13(15)17-9-3-8-16-2/h4-7,14H,3,8-10H2,1-2H3. The number of benzene rings is 1. The van der Waals surface area contributed by atoms with Gasteiger partial charge in [-0.2, -0.15) is 0 Å². The quantitative estimate of drug-likeness (QED) is 0.582. The molecule has 0 aliphatic carbocycles. The van der Waals surface area contributed by atoms with Crippen molar-refractivity contribution in [2.24, 2.45) is 0 Å². The van der Waals surface area contributed by atoms with Crippen LogP contribution in [-0.4, -0.2) is 32.8 Å². The van der Waals surface area contributed by atoms with Crippen LogP contribution < -0.4 is 5.32 Å². The summed E-state index contributed by atoms with van der Waals surface area (Å²) in [7, 11) is 1.63. The molecule has 0 saturated heterocycles. The van der Waals surface area contributed by atoms with Crippen molar-refractivity contribution in [3.05, 3.63) is 29.8 Å². The number of rotatable bonds is 7. The van der Waals surface area contributed by atoms with Gasteiger partial charge in [0.15, 0.2) is 0 Å². The van der Waals surface area contributed by atoms with Crippen LogP contribution in [0.15, 0.2) is 24.3 Å². The van der Waals surface area contributed by atoms with Crippen molar-refractivity contribution in [2.45, 2.75) is 13.3 Å². The Morgan fingerprint density at radius 1 is 1.24 bits per heavy atom. The number of esters is 1. The second-order valence-electron chi connectivity index (χ2n) is 3.79. The lowest BCUT2D eigenvalue weighted by atomic mass is 10.2. The van der Waals surface area contributed by atoms with Gasteiger partial charge in [-0.15, -0.1) is 0 Å². The Bertz CT molecular complexity index is 335. The van der Waals surface area contributed by atoms with Crippen molar-refractivity contribution in [3.8, 4) is 0 Å². The molecule has 0 spiro atoms. The molecule has 0 atom stereocenters. The van der Waals surface area contributed by atoms with E-state index in [0.717, 1.165) is 12.1 Å². The third-order valence-corrected chi connectivity index (χ3v) is 2.24. The maximum absolute atomic E-state index is 11.3. The molecule has 0 bridgehead atoms. The van der Waals surface area contributed by atoms with Gasteiger partial charge in [-0.25, -0.2) is 0 Å². The lowest BCUT2D eigenvalue weighted by Crippen LogP contribution is -2.17. The van der Waals surface area contributed by atoms with Gasteiger partial charge in [0.25, 0.3) is 0 Å². The van der Waals surface area contributed by atoms with Crippen LogP contribution in [0.3, 0.4) is 0 Å². The number of aryl methyl sites for hydroxylation is 1. The topological polar surface area (TPSA) is 47.6 Å². The third kappa shape index (κ3) is 5.92. The van der Waals surface area contributed by atoms with Gasteiger partial charge in [-0.1, -0.05) is 17.7 Å². The number of methoxy groups -OCH3 is 1. The van der Waals surface area contributed by atoms with E-state index in [1.54, 1.807) is 7.11 Å². The van der Waals surface area contributed by atoms with E-state index in [4.69, 9.17) is 9.47 Å². The van der Waals surface area contributed by atoms with Crippen LogP contribution in [0.2, 0.25) is 0 Å². The summed E-state index contributed by atoms with van der Waals surface area (Å²) in [6.45, 7) is 3.23. The van der Waals surface area contributed by atoms with Crippen molar-refractivity contribution in [1.82, 2.24) is 0 Å². The van der Waals surface area contributed by atoms with Crippen LogP contribution in [0.25, 0.3) is 0 Å². The third-order valence-electron chi connectivity index (χ3n) is 2.24. The Morgan fingerprint density at radius 3 is 2.59 bits per heavy atom. The monoisotopic (exact) mass is 237 g/mol. The van der Waals surface area contributed by atoms with E-state index in [9.17, 15) is 4.79 Å². The van der Waals surface area contributed by atoms with Gasteiger partial charge in [0.2, 0.25) is 0 Å². The zero-order valence-corrected chi connectivity index (χ0v) is 10.4. The van der Waals surface area contributed by atoms with Crippen LogP contribution >= 0.6 is 0 Å². The van der Waals surface area contributed by atoms with Crippen molar-refractivity contribution < 1.29 is 14.3 Å². The van der Waals surface area contributed by atoms with Crippen molar-refractivity contribution in [1.29, 1.82) is 0 Å². The molecule has 1 rings (SSSR count). The minimum Gasteiger partial charge on any atom is -0.464 e. The van der Waals surface area contributed by atoms with E-state index >= 15 is 0 Å². The van der Waals surface area contributed by atoms with Crippen molar-refractivity contribution >= 4 is 11.7 Å². The molecule has 0 aliphatic rings. The summed E-state index contributed by atoms with van der Waals surface area (Å²) in [4.78, 5) is 11.3. The molecule has 0 aliphatic heterocycles. The molecule has 1 aromatic rings. The van der Waals surface area contributed by atoms with Gasteiger partial charge >= 0.3 is 5.97 Å². The Hall–Kier alpha value is -1.55. The van der Waals surface area contributed by atoms with E-state index in [1.807, 2.05) is 31.2 Å². The molecule has 0 fully saturated rings. The first kappa shape index (κ1) is 13.5. The molecular weight excluding hydrogens is 218 g/mol. The minimum absolute atomic E-state index is 0.191. The number of hydrogen-bond donors (Lipinski definition) is 1. The van der Waals surface area contributed by atoms with Gasteiger partial charge in [0.1, 0.15) is 6.54 Å². The maximum Gasteiger partial charge on any atom is 0.325 e. The zero-order chi connectivity index (χ0) is 12.5. The number of hydrogen-bond acceptors (Lipinski definition) is 4. The van der Waals surface area contributed by atoms with E-state index in [1.165, 1.54) is 5.56 Å². The molecule has 1 aromatic carbocycles. The predicted molar refractivity (Wildman–Crippen MR) is 67.1 cm³/mol. The first-order valence-corrected chi connectivity index (χ1v) is 5.67. The second kappa shape index (κ2) is 7.68. The van der Waals surface area contributed by atoms with E-state index in [0.29, 0.717) is 13.2 Å². The molecule has 0 saturated carbocycles. The second-order valence-corrected chi connectivity index (χ2v) is 3.79. The molecule has 4 nitrogen and oxygen atoms in total. The molecule has 0 aromatic heterocycles. The molecule has 17 heavy (non-hydrogen) atoms. The summed E-state index contributed by atoms with van der Waals surface area (Å²) in [5.74, 6) is -0.248. The molecule has 1 N–H and O–H groups in total. The summed E-state index contributed by atoms with van der Waals surface area (Å²) >= 11 is 0. The smallest absolute Gasteiger partial charge is 0.325 e. The normalized spacial score (nSPS) is 10.0. The lowest BCUT2D eigenvalue weighted by molar-refractivity contribution is -0.141.